The summed E-state index contributed by atoms with van der Waals surface area (Å²) in [7, 11) is 1.79. The van der Waals surface area contributed by atoms with E-state index in [2.05, 4.69) is 33.5 Å². The van der Waals surface area contributed by atoms with Gasteiger partial charge in [0, 0.05) is 57.3 Å². The lowest BCUT2D eigenvalue weighted by molar-refractivity contribution is -0.134. The van der Waals surface area contributed by atoms with E-state index < -0.39 is 17.7 Å². The Kier molecular flexibility index (Phi) is 12.5. The van der Waals surface area contributed by atoms with Crippen LogP contribution in [0.3, 0.4) is 0 Å². The number of pyridine rings is 1. The maximum atomic E-state index is 14.2. The molecule has 12 nitrogen and oxygen atoms in total. The lowest BCUT2D eigenvalue weighted by Gasteiger charge is -2.35. The van der Waals surface area contributed by atoms with Gasteiger partial charge in [0.05, 0.1) is 30.9 Å². The molecule has 13 heteroatoms. The van der Waals surface area contributed by atoms with Crippen molar-refractivity contribution in [2.45, 2.75) is 13.1 Å². The molecule has 3 aromatic carbocycles. The predicted molar refractivity (Wildman–Crippen MR) is 194 cm³/mol. The van der Waals surface area contributed by atoms with E-state index in [4.69, 9.17) is 4.98 Å². The van der Waals surface area contributed by atoms with Crippen LogP contribution in [0, 0.1) is 0 Å². The van der Waals surface area contributed by atoms with Crippen LogP contribution < -0.4 is 16.0 Å². The number of amides is 5. The number of thiol groups is 1. The van der Waals surface area contributed by atoms with E-state index in [1.165, 1.54) is 0 Å². The Labute approximate surface area is 296 Å². The van der Waals surface area contributed by atoms with E-state index >= 15 is 0 Å². The summed E-state index contributed by atoms with van der Waals surface area (Å²) in [5.41, 5.74) is 4.95. The van der Waals surface area contributed by atoms with Gasteiger partial charge in [0.1, 0.15) is 5.69 Å². The fourth-order valence-electron chi connectivity index (χ4n) is 5.83. The number of hydrogen-bond donors (Lipinski definition) is 4. The predicted octanol–water partition coefficient (Wildman–Crippen LogP) is 2.10. The Hall–Kier alpha value is -5.27. The topological polar surface area (TPSA) is 144 Å². The molecule has 0 radical (unpaired) electrons. The van der Waals surface area contributed by atoms with Crippen LogP contribution in [0.2, 0.25) is 0 Å². The third-order valence-electron chi connectivity index (χ3n) is 8.45. The molecule has 2 heterocycles. The van der Waals surface area contributed by atoms with E-state index in [1.54, 1.807) is 16.8 Å². The summed E-state index contributed by atoms with van der Waals surface area (Å²) >= 11 is 3.82. The van der Waals surface area contributed by atoms with E-state index in [0.717, 1.165) is 33.2 Å². The van der Waals surface area contributed by atoms with Crippen molar-refractivity contribution in [2.24, 2.45) is 0 Å². The Balaban J connectivity index is 1.27. The van der Waals surface area contributed by atoms with Crippen molar-refractivity contribution in [3.63, 3.8) is 0 Å². The number of para-hydroxylation sites is 1. The third-order valence-corrected chi connectivity index (χ3v) is 8.73. The van der Waals surface area contributed by atoms with Gasteiger partial charge in [0.2, 0.25) is 23.6 Å². The molecule has 0 aliphatic carbocycles. The van der Waals surface area contributed by atoms with Crippen molar-refractivity contribution in [1.29, 1.82) is 0 Å². The van der Waals surface area contributed by atoms with Gasteiger partial charge in [-0.3, -0.25) is 28.9 Å². The van der Waals surface area contributed by atoms with Crippen molar-refractivity contribution in [3.8, 4) is 11.1 Å². The molecule has 1 aliphatic heterocycles. The summed E-state index contributed by atoms with van der Waals surface area (Å²) in [6, 6.07) is 27.7. The smallest absolute Gasteiger partial charge is 0.272 e. The van der Waals surface area contributed by atoms with Crippen LogP contribution in [0.25, 0.3) is 22.0 Å². The summed E-state index contributed by atoms with van der Waals surface area (Å²) in [6.07, 6.45) is 0. The highest BCUT2D eigenvalue weighted by molar-refractivity contribution is 7.81. The van der Waals surface area contributed by atoms with Gasteiger partial charge in [-0.2, -0.15) is 12.6 Å². The average Bonchev–Trinajstić information content (AvgIpc) is 3.15. The number of nitrogens with one attached hydrogen (secondary N) is 3. The van der Waals surface area contributed by atoms with Gasteiger partial charge in [-0.25, -0.2) is 4.98 Å². The SMILES string of the molecule is CN(Cc1ccccc1)C(=O)c1nc2ccccc2c(-c2ccccc2)c1CN1CCN(C(=O)CNC(=O)CNC(=O)CNC(=O)CS)CC1. The molecule has 5 amide bonds. The monoisotopic (exact) mass is 695 g/mol. The number of benzene rings is 3. The minimum atomic E-state index is -0.525. The number of hydrogen-bond acceptors (Lipinski definition) is 8. The second kappa shape index (κ2) is 17.4. The standard InChI is InChI=1S/C37H41N7O5S/c1-42(23-26-10-4-2-5-11-26)37(49)36-29(35(27-12-6-3-7-13-27)28-14-8-9-15-30(28)41-36)24-43-16-18-44(19-17-43)34(48)22-40-32(46)20-38-31(45)21-39-33(47)25-50/h2-15,50H,16-25H2,1H3,(H,38,45)(H,39,47)(H,40,46). The molecule has 1 saturated heterocycles. The molecular weight excluding hydrogens is 655 g/mol. The second-order valence-electron chi connectivity index (χ2n) is 12.0. The van der Waals surface area contributed by atoms with Crippen molar-refractivity contribution in [3.05, 3.63) is 102 Å². The number of carbonyl (C=O) groups is 5. The number of aromatic nitrogens is 1. The molecule has 1 aliphatic rings. The fraction of sp³-hybridized carbons (Fsp3) is 0.297. The number of carbonyl (C=O) groups excluding carboxylic acids is 5. The zero-order valence-corrected chi connectivity index (χ0v) is 28.8. The lowest BCUT2D eigenvalue weighted by Crippen LogP contribution is -2.51. The number of nitrogens with zero attached hydrogens (tertiary/aromatic N) is 4. The van der Waals surface area contributed by atoms with Gasteiger partial charge in [0.25, 0.3) is 5.91 Å². The lowest BCUT2D eigenvalue weighted by atomic mass is 9.93. The fourth-order valence-corrected chi connectivity index (χ4v) is 5.94. The first-order valence-electron chi connectivity index (χ1n) is 16.4. The van der Waals surface area contributed by atoms with Crippen molar-refractivity contribution < 1.29 is 24.0 Å². The normalized spacial score (nSPS) is 13.0. The molecule has 1 aromatic heterocycles. The summed E-state index contributed by atoms with van der Waals surface area (Å²) in [6.45, 7) is 2.10. The van der Waals surface area contributed by atoms with Gasteiger partial charge < -0.3 is 25.8 Å². The Morgan fingerprint density at radius 3 is 1.98 bits per heavy atom. The van der Waals surface area contributed by atoms with E-state index in [1.807, 2.05) is 84.9 Å². The van der Waals surface area contributed by atoms with Gasteiger partial charge in [0.15, 0.2) is 0 Å². The zero-order valence-electron chi connectivity index (χ0n) is 27.9. The van der Waals surface area contributed by atoms with Gasteiger partial charge in [-0.1, -0.05) is 78.9 Å². The van der Waals surface area contributed by atoms with Crippen LogP contribution in [0.5, 0.6) is 0 Å². The maximum absolute atomic E-state index is 14.2. The van der Waals surface area contributed by atoms with Crippen LogP contribution in [-0.4, -0.2) is 108 Å². The highest BCUT2D eigenvalue weighted by atomic mass is 32.1. The molecule has 0 spiro atoms. The van der Waals surface area contributed by atoms with Gasteiger partial charge in [-0.05, 0) is 22.8 Å². The molecule has 1 fully saturated rings. The molecule has 4 aromatic rings. The molecule has 260 valence electrons. The molecule has 0 bridgehead atoms. The quantitative estimate of drug-likeness (QED) is 0.157. The minimum Gasteiger partial charge on any atom is -0.346 e. The van der Waals surface area contributed by atoms with Gasteiger partial charge >= 0.3 is 0 Å². The number of fused-ring (bicyclic) bond motifs is 1. The van der Waals surface area contributed by atoms with Crippen molar-refractivity contribution in [2.75, 3.05) is 58.6 Å². The Bertz CT molecular complexity index is 1830. The third kappa shape index (κ3) is 9.45. The first-order chi connectivity index (χ1) is 24.2. The van der Waals surface area contributed by atoms with E-state index in [0.29, 0.717) is 45.0 Å². The van der Waals surface area contributed by atoms with Crippen LogP contribution >= 0.6 is 12.6 Å². The summed E-state index contributed by atoms with van der Waals surface area (Å²) in [5, 5.41) is 8.26. The highest BCUT2D eigenvalue weighted by Gasteiger charge is 2.28. The maximum Gasteiger partial charge on any atom is 0.272 e. The second-order valence-corrected chi connectivity index (χ2v) is 12.3. The number of piperazine rings is 1. The molecule has 0 unspecified atom stereocenters. The molecule has 50 heavy (non-hydrogen) atoms. The molecular formula is C37H41N7O5S. The summed E-state index contributed by atoms with van der Waals surface area (Å²) in [4.78, 5) is 73.0. The zero-order chi connectivity index (χ0) is 35.5. The molecule has 0 atom stereocenters. The van der Waals surface area contributed by atoms with Gasteiger partial charge in [-0.15, -0.1) is 0 Å². The largest absolute Gasteiger partial charge is 0.346 e. The van der Waals surface area contributed by atoms with E-state index in [9.17, 15) is 24.0 Å². The first-order valence-corrected chi connectivity index (χ1v) is 17.0. The van der Waals surface area contributed by atoms with Crippen molar-refractivity contribution >= 4 is 53.1 Å². The highest BCUT2D eigenvalue weighted by Crippen LogP contribution is 2.35. The molecule has 0 saturated carbocycles. The average molecular weight is 696 g/mol. The van der Waals surface area contributed by atoms with Crippen molar-refractivity contribution in [1.82, 2.24) is 35.6 Å². The minimum absolute atomic E-state index is 0.0486. The summed E-state index contributed by atoms with van der Waals surface area (Å²) < 4.78 is 0. The molecule has 3 N–H and O–H groups in total. The molecule has 5 rings (SSSR count). The summed E-state index contributed by atoms with van der Waals surface area (Å²) in [5.74, 6) is -1.90. The van der Waals surface area contributed by atoms with E-state index in [-0.39, 0.29) is 37.2 Å². The first kappa shape index (κ1) is 36.0. The Morgan fingerprint density at radius 2 is 1.32 bits per heavy atom. The Morgan fingerprint density at radius 1 is 0.740 bits per heavy atom. The van der Waals surface area contributed by atoms with Crippen LogP contribution in [0.15, 0.2) is 84.9 Å². The van der Waals surface area contributed by atoms with Crippen LogP contribution in [0.1, 0.15) is 21.6 Å². The number of rotatable bonds is 13. The van der Waals surface area contributed by atoms with Crippen LogP contribution in [-0.2, 0) is 32.3 Å². The van der Waals surface area contributed by atoms with Crippen LogP contribution in [0.4, 0.5) is 0 Å².